The molecule has 6 heteroatoms. The van der Waals surface area contributed by atoms with Crippen molar-refractivity contribution in [2.45, 2.75) is 0 Å². The van der Waals surface area contributed by atoms with Gasteiger partial charge in [0.2, 0.25) is 0 Å². The first kappa shape index (κ1) is 23.1. The van der Waals surface area contributed by atoms with Crippen LogP contribution in [0.5, 0.6) is 11.6 Å². The summed E-state index contributed by atoms with van der Waals surface area (Å²) >= 11 is -4.01. The zero-order valence-electron chi connectivity index (χ0n) is 21.3. The molecule has 0 bridgehead atoms. The average Bonchev–Trinajstić information content (AvgIpc) is 3.48. The van der Waals surface area contributed by atoms with Crippen molar-refractivity contribution in [1.82, 2.24) is 14.5 Å². The second-order valence-corrected chi connectivity index (χ2v) is 15.4. The number of nitrogens with zero attached hydrogens (tertiary/aromatic N) is 3. The molecule has 4 aromatic carbocycles. The zero-order valence-corrected chi connectivity index (χ0v) is 23.2. The molecule has 0 radical (unpaired) electrons. The predicted octanol–water partition coefficient (Wildman–Crippen LogP) is 5.74. The van der Waals surface area contributed by atoms with E-state index in [0.717, 1.165) is 47.3 Å². The summed E-state index contributed by atoms with van der Waals surface area (Å²) in [7, 11) is 0. The van der Waals surface area contributed by atoms with Gasteiger partial charge in [0.1, 0.15) is 0 Å². The summed E-state index contributed by atoms with van der Waals surface area (Å²) in [6, 6.07) is 40.2. The van der Waals surface area contributed by atoms with Crippen LogP contribution in [0.4, 0.5) is 0 Å². The third-order valence-electron chi connectivity index (χ3n) is 7.59. The maximum atomic E-state index is 15.1. The van der Waals surface area contributed by atoms with Gasteiger partial charge in [0.15, 0.2) is 0 Å². The van der Waals surface area contributed by atoms with Gasteiger partial charge >= 0.3 is 234 Å². The third-order valence-corrected chi connectivity index (χ3v) is 13.9. The Hall–Kier alpha value is -4.86. The van der Waals surface area contributed by atoms with Crippen molar-refractivity contribution >= 4 is 48.5 Å². The van der Waals surface area contributed by atoms with E-state index in [1.165, 1.54) is 0 Å². The van der Waals surface area contributed by atoms with Crippen molar-refractivity contribution in [2.24, 2.45) is 0 Å². The summed E-state index contributed by atoms with van der Waals surface area (Å²) in [6.07, 6.45) is 3.45. The molecule has 5 nitrogen and oxygen atoms in total. The van der Waals surface area contributed by atoms with Crippen molar-refractivity contribution in [3.8, 4) is 28.4 Å². The van der Waals surface area contributed by atoms with E-state index < -0.39 is 13.5 Å². The van der Waals surface area contributed by atoms with Crippen LogP contribution < -0.4 is 17.9 Å². The number of hydrogen-bond donors (Lipinski definition) is 0. The Morgan fingerprint density at radius 1 is 0.600 bits per heavy atom. The molecule has 0 N–H and O–H groups in total. The number of pyridine rings is 2. The number of rotatable bonds is 4. The number of benzene rings is 4. The molecule has 1 aliphatic heterocycles. The van der Waals surface area contributed by atoms with Crippen LogP contribution in [0.25, 0.3) is 38.6 Å². The molecule has 0 saturated carbocycles. The molecule has 1 aliphatic rings. The molecule has 1 unspecified atom stereocenters. The Balaban J connectivity index is 1.37. The monoisotopic (exact) mass is 579 g/mol. The molecule has 0 saturated heterocycles. The van der Waals surface area contributed by atoms with E-state index in [4.69, 9.17) is 4.74 Å². The predicted molar refractivity (Wildman–Crippen MR) is 160 cm³/mol. The molecule has 0 fully saturated rings. The van der Waals surface area contributed by atoms with Gasteiger partial charge in [-0.25, -0.2) is 0 Å². The number of hydrogen-bond acceptors (Lipinski definition) is 4. The molecular formula is C34H22AsN3O2. The second kappa shape index (κ2) is 8.84. The first-order valence-corrected chi connectivity index (χ1v) is 16.7. The standard InChI is InChI=1S/C34H22AsN3O2/c39-35(33-13-5-7-19-36-33)29-11-3-1-9-25(29)26-17-15-23(21-30(26)35)38-31-12-4-2-10-27(31)28-18-16-24(22-32(28)38)40-34-14-6-8-20-37-34/h1-22H. The molecule has 190 valence electrons. The fourth-order valence-electron chi connectivity index (χ4n) is 5.86. The van der Waals surface area contributed by atoms with Crippen molar-refractivity contribution < 1.29 is 8.48 Å². The molecule has 7 aromatic rings. The Labute approximate surface area is 233 Å². The number of fused-ring (bicyclic) bond motifs is 6. The maximum absolute atomic E-state index is 15.1. The minimum atomic E-state index is -4.01. The Kier molecular flexibility index (Phi) is 5.09. The van der Waals surface area contributed by atoms with E-state index in [-0.39, 0.29) is 0 Å². The molecule has 0 amide bonds. The number of aromatic nitrogens is 3. The molecular weight excluding hydrogens is 557 g/mol. The van der Waals surface area contributed by atoms with Crippen molar-refractivity contribution in [3.63, 3.8) is 0 Å². The van der Waals surface area contributed by atoms with E-state index >= 15 is 3.74 Å². The van der Waals surface area contributed by atoms with Crippen molar-refractivity contribution in [1.29, 1.82) is 0 Å². The molecule has 0 spiro atoms. The summed E-state index contributed by atoms with van der Waals surface area (Å²) in [6.45, 7) is 0. The van der Waals surface area contributed by atoms with Gasteiger partial charge in [-0.1, -0.05) is 0 Å². The second-order valence-electron chi connectivity index (χ2n) is 9.82. The van der Waals surface area contributed by atoms with Crippen LogP contribution >= 0.6 is 0 Å². The molecule has 1 atom stereocenters. The first-order chi connectivity index (χ1) is 19.7. The minimum absolute atomic E-state index is 0.540. The van der Waals surface area contributed by atoms with E-state index in [9.17, 15) is 0 Å². The van der Waals surface area contributed by atoms with E-state index in [1.54, 1.807) is 12.4 Å². The SMILES string of the molecule is O=[As]1(c2ccccn2)c2ccccc2-c2ccc(-n3c4ccccc4c4ccc(Oc5ccccn5)cc43)cc21. The summed E-state index contributed by atoms with van der Waals surface area (Å²) in [5, 5.41) is 2.26. The van der Waals surface area contributed by atoms with Crippen LogP contribution in [0.3, 0.4) is 0 Å². The van der Waals surface area contributed by atoms with Gasteiger partial charge in [-0.3, -0.25) is 0 Å². The van der Waals surface area contributed by atoms with E-state index in [0.29, 0.717) is 16.1 Å². The fourth-order valence-corrected chi connectivity index (χ4v) is 12.1. The van der Waals surface area contributed by atoms with Gasteiger partial charge in [0, 0.05) is 0 Å². The van der Waals surface area contributed by atoms with Gasteiger partial charge in [-0.2, -0.15) is 0 Å². The van der Waals surface area contributed by atoms with Crippen LogP contribution in [-0.4, -0.2) is 28.0 Å². The Morgan fingerprint density at radius 2 is 1.35 bits per heavy atom. The van der Waals surface area contributed by atoms with Crippen LogP contribution in [0, 0.1) is 0 Å². The molecule has 8 rings (SSSR count). The Morgan fingerprint density at radius 3 is 2.20 bits per heavy atom. The van der Waals surface area contributed by atoms with Crippen molar-refractivity contribution in [2.75, 3.05) is 0 Å². The van der Waals surface area contributed by atoms with Crippen LogP contribution in [0.2, 0.25) is 0 Å². The van der Waals surface area contributed by atoms with Crippen molar-refractivity contribution in [3.05, 3.63) is 134 Å². The van der Waals surface area contributed by atoms with Gasteiger partial charge in [-0.05, 0) is 0 Å². The third kappa shape index (κ3) is 3.35. The number of para-hydroxylation sites is 1. The van der Waals surface area contributed by atoms with Gasteiger partial charge in [0.25, 0.3) is 0 Å². The average molecular weight is 579 g/mol. The molecule has 3 aromatic heterocycles. The molecule has 4 heterocycles. The summed E-state index contributed by atoms with van der Waals surface area (Å²) in [5.74, 6) is 1.24. The molecule has 0 aliphatic carbocycles. The summed E-state index contributed by atoms with van der Waals surface area (Å²) < 4.78 is 25.9. The number of ether oxygens (including phenoxy) is 1. The van der Waals surface area contributed by atoms with Crippen LogP contribution in [-0.2, 0) is 3.74 Å². The quantitative estimate of drug-likeness (QED) is 0.250. The molecule has 40 heavy (non-hydrogen) atoms. The van der Waals surface area contributed by atoms with Crippen LogP contribution in [0.15, 0.2) is 134 Å². The topological polar surface area (TPSA) is 57.0 Å². The normalized spacial score (nSPS) is 15.7. The van der Waals surface area contributed by atoms with Gasteiger partial charge in [-0.15, -0.1) is 0 Å². The van der Waals surface area contributed by atoms with E-state index in [2.05, 4.69) is 75.2 Å². The fraction of sp³-hybridized carbons (Fsp3) is 0. The summed E-state index contributed by atoms with van der Waals surface area (Å²) in [5.41, 5.74) is 5.08. The van der Waals surface area contributed by atoms with Gasteiger partial charge < -0.3 is 0 Å². The summed E-state index contributed by atoms with van der Waals surface area (Å²) in [4.78, 5) is 8.93. The first-order valence-electron chi connectivity index (χ1n) is 13.1. The Bertz CT molecular complexity index is 2120. The van der Waals surface area contributed by atoms with Crippen LogP contribution in [0.1, 0.15) is 0 Å². The van der Waals surface area contributed by atoms with Gasteiger partial charge in [0.05, 0.1) is 0 Å². The van der Waals surface area contributed by atoms with E-state index in [1.807, 2.05) is 60.7 Å². The zero-order chi connectivity index (χ0) is 26.7.